The summed E-state index contributed by atoms with van der Waals surface area (Å²) < 4.78 is 5.50. The largest absolute Gasteiger partial charge is 0.494 e. The van der Waals surface area contributed by atoms with Gasteiger partial charge in [-0.05, 0) is 30.7 Å². The fourth-order valence-electron chi connectivity index (χ4n) is 1.43. The summed E-state index contributed by atoms with van der Waals surface area (Å²) in [5.74, 6) is 1.01. The topological polar surface area (TPSA) is 41.6 Å². The number of carbonyl (C=O) groups is 1. The minimum absolute atomic E-state index is 0.130. The molecule has 1 aromatic carbocycles. The SMILES string of the molecule is CCCOc1ccc(NCCC(=O)N(C)C)cc1. The average Bonchev–Trinajstić information content (AvgIpc) is 2.37. The summed E-state index contributed by atoms with van der Waals surface area (Å²) in [6, 6.07) is 7.80. The van der Waals surface area contributed by atoms with Crippen molar-refractivity contribution >= 4 is 11.6 Å². The van der Waals surface area contributed by atoms with Crippen LogP contribution < -0.4 is 10.1 Å². The van der Waals surface area contributed by atoms with E-state index in [-0.39, 0.29) is 5.91 Å². The summed E-state index contributed by atoms with van der Waals surface area (Å²) in [4.78, 5) is 13.0. The number of carbonyl (C=O) groups excluding carboxylic acids is 1. The number of anilines is 1. The Morgan fingerprint density at radius 1 is 1.28 bits per heavy atom. The minimum Gasteiger partial charge on any atom is -0.494 e. The third-order valence-corrected chi connectivity index (χ3v) is 2.49. The first-order chi connectivity index (χ1) is 8.63. The standard InChI is InChI=1S/C14H22N2O2/c1-4-11-18-13-7-5-12(6-8-13)15-10-9-14(17)16(2)3/h5-8,15H,4,9-11H2,1-3H3. The van der Waals surface area contributed by atoms with Gasteiger partial charge >= 0.3 is 0 Å². The Morgan fingerprint density at radius 2 is 1.94 bits per heavy atom. The van der Waals surface area contributed by atoms with Crippen LogP contribution in [-0.4, -0.2) is 38.1 Å². The van der Waals surface area contributed by atoms with Gasteiger partial charge in [0.25, 0.3) is 0 Å². The van der Waals surface area contributed by atoms with Crippen molar-refractivity contribution in [1.29, 1.82) is 0 Å². The lowest BCUT2D eigenvalue weighted by Gasteiger charge is -2.11. The molecule has 0 radical (unpaired) electrons. The minimum atomic E-state index is 0.130. The van der Waals surface area contributed by atoms with Crippen LogP contribution in [-0.2, 0) is 4.79 Å². The number of ether oxygens (including phenoxy) is 1. The maximum absolute atomic E-state index is 11.4. The van der Waals surface area contributed by atoms with Gasteiger partial charge in [0.2, 0.25) is 5.91 Å². The van der Waals surface area contributed by atoms with Crippen LogP contribution >= 0.6 is 0 Å². The maximum atomic E-state index is 11.4. The normalized spacial score (nSPS) is 9.94. The van der Waals surface area contributed by atoms with E-state index in [1.165, 1.54) is 0 Å². The molecule has 1 N–H and O–H groups in total. The number of nitrogens with one attached hydrogen (secondary N) is 1. The van der Waals surface area contributed by atoms with Crippen LogP contribution in [0.2, 0.25) is 0 Å². The van der Waals surface area contributed by atoms with Crippen LogP contribution in [0, 0.1) is 0 Å². The predicted octanol–water partition coefficient (Wildman–Crippen LogP) is 2.37. The second-order valence-electron chi connectivity index (χ2n) is 4.34. The number of amides is 1. The molecule has 0 bridgehead atoms. The fraction of sp³-hybridized carbons (Fsp3) is 0.500. The van der Waals surface area contributed by atoms with Crippen LogP contribution in [0.1, 0.15) is 19.8 Å². The molecule has 0 aromatic heterocycles. The molecule has 18 heavy (non-hydrogen) atoms. The van der Waals surface area contributed by atoms with Crippen LogP contribution in [0.25, 0.3) is 0 Å². The van der Waals surface area contributed by atoms with Gasteiger partial charge in [-0.3, -0.25) is 4.79 Å². The van der Waals surface area contributed by atoms with Gasteiger partial charge in [-0.1, -0.05) is 6.92 Å². The van der Waals surface area contributed by atoms with Crippen molar-refractivity contribution in [2.24, 2.45) is 0 Å². The molecule has 0 unspecified atom stereocenters. The third kappa shape index (κ3) is 5.08. The molecule has 1 amide bonds. The zero-order chi connectivity index (χ0) is 13.4. The molecule has 0 aliphatic carbocycles. The van der Waals surface area contributed by atoms with Crippen LogP contribution in [0.5, 0.6) is 5.75 Å². The highest BCUT2D eigenvalue weighted by Crippen LogP contribution is 2.15. The molecule has 0 atom stereocenters. The van der Waals surface area contributed by atoms with Crippen LogP contribution in [0.4, 0.5) is 5.69 Å². The number of hydrogen-bond acceptors (Lipinski definition) is 3. The summed E-state index contributed by atoms with van der Waals surface area (Å²) in [5, 5.41) is 3.21. The average molecular weight is 250 g/mol. The van der Waals surface area contributed by atoms with E-state index in [1.54, 1.807) is 19.0 Å². The van der Waals surface area contributed by atoms with E-state index >= 15 is 0 Å². The monoisotopic (exact) mass is 250 g/mol. The second kappa shape index (κ2) is 7.58. The zero-order valence-electron chi connectivity index (χ0n) is 11.4. The van der Waals surface area contributed by atoms with Crippen LogP contribution in [0.3, 0.4) is 0 Å². The summed E-state index contributed by atoms with van der Waals surface area (Å²) in [6.45, 7) is 3.47. The first-order valence-corrected chi connectivity index (χ1v) is 6.30. The lowest BCUT2D eigenvalue weighted by Crippen LogP contribution is -2.23. The molecule has 4 heteroatoms. The van der Waals surface area contributed by atoms with E-state index < -0.39 is 0 Å². The molecule has 1 rings (SSSR count). The van der Waals surface area contributed by atoms with Gasteiger partial charge in [0.05, 0.1) is 6.61 Å². The number of nitrogens with zero attached hydrogens (tertiary/aromatic N) is 1. The van der Waals surface area contributed by atoms with Gasteiger partial charge in [-0.2, -0.15) is 0 Å². The quantitative estimate of drug-likeness (QED) is 0.807. The lowest BCUT2D eigenvalue weighted by molar-refractivity contribution is -0.128. The highest BCUT2D eigenvalue weighted by Gasteiger charge is 2.02. The number of benzene rings is 1. The van der Waals surface area contributed by atoms with Crippen LogP contribution in [0.15, 0.2) is 24.3 Å². The predicted molar refractivity (Wildman–Crippen MR) is 74.0 cm³/mol. The Hall–Kier alpha value is -1.71. The molecule has 0 heterocycles. The van der Waals surface area contributed by atoms with Crippen molar-refractivity contribution in [3.05, 3.63) is 24.3 Å². The Morgan fingerprint density at radius 3 is 2.50 bits per heavy atom. The lowest BCUT2D eigenvalue weighted by atomic mass is 10.3. The highest BCUT2D eigenvalue weighted by molar-refractivity contribution is 5.76. The van der Waals surface area contributed by atoms with Crippen molar-refractivity contribution in [2.75, 3.05) is 32.6 Å². The fourth-order valence-corrected chi connectivity index (χ4v) is 1.43. The van der Waals surface area contributed by atoms with Gasteiger partial charge in [0.15, 0.2) is 0 Å². The first-order valence-electron chi connectivity index (χ1n) is 6.30. The molecule has 0 fully saturated rings. The molecule has 0 aliphatic rings. The van der Waals surface area contributed by atoms with Crippen molar-refractivity contribution in [1.82, 2.24) is 4.90 Å². The highest BCUT2D eigenvalue weighted by atomic mass is 16.5. The van der Waals surface area contributed by atoms with Gasteiger partial charge in [-0.15, -0.1) is 0 Å². The summed E-state index contributed by atoms with van der Waals surface area (Å²) >= 11 is 0. The van der Waals surface area contributed by atoms with E-state index in [4.69, 9.17) is 4.74 Å². The van der Waals surface area contributed by atoms with Crippen molar-refractivity contribution in [3.63, 3.8) is 0 Å². The Kier molecular flexibility index (Phi) is 6.05. The van der Waals surface area contributed by atoms with E-state index in [0.717, 1.165) is 24.5 Å². The Bertz CT molecular complexity index is 361. The molecule has 0 saturated carbocycles. The van der Waals surface area contributed by atoms with E-state index in [0.29, 0.717) is 13.0 Å². The van der Waals surface area contributed by atoms with Gasteiger partial charge in [-0.25, -0.2) is 0 Å². The number of rotatable bonds is 7. The van der Waals surface area contributed by atoms with E-state index in [2.05, 4.69) is 12.2 Å². The van der Waals surface area contributed by atoms with Gasteiger partial charge < -0.3 is 15.0 Å². The van der Waals surface area contributed by atoms with E-state index in [1.807, 2.05) is 24.3 Å². The summed E-state index contributed by atoms with van der Waals surface area (Å²) in [6.07, 6.45) is 1.51. The molecule has 4 nitrogen and oxygen atoms in total. The smallest absolute Gasteiger partial charge is 0.223 e. The van der Waals surface area contributed by atoms with Crippen molar-refractivity contribution < 1.29 is 9.53 Å². The first kappa shape index (κ1) is 14.4. The van der Waals surface area contributed by atoms with Crippen molar-refractivity contribution in [2.45, 2.75) is 19.8 Å². The van der Waals surface area contributed by atoms with Gasteiger partial charge in [0, 0.05) is 32.7 Å². The molecule has 0 spiro atoms. The second-order valence-corrected chi connectivity index (χ2v) is 4.34. The Labute approximate surface area is 109 Å². The summed E-state index contributed by atoms with van der Waals surface area (Å²) in [7, 11) is 3.53. The molecule has 1 aromatic rings. The maximum Gasteiger partial charge on any atom is 0.223 e. The molecular formula is C14H22N2O2. The van der Waals surface area contributed by atoms with E-state index in [9.17, 15) is 4.79 Å². The van der Waals surface area contributed by atoms with Gasteiger partial charge in [0.1, 0.15) is 5.75 Å². The number of hydrogen-bond donors (Lipinski definition) is 1. The molecule has 0 aliphatic heterocycles. The third-order valence-electron chi connectivity index (χ3n) is 2.49. The molecule has 0 saturated heterocycles. The summed E-state index contributed by atoms with van der Waals surface area (Å²) in [5.41, 5.74) is 1.01. The molecule has 100 valence electrons. The van der Waals surface area contributed by atoms with Crippen molar-refractivity contribution in [3.8, 4) is 5.75 Å². The zero-order valence-corrected chi connectivity index (χ0v) is 11.4. The Balaban J connectivity index is 2.33. The molecular weight excluding hydrogens is 228 g/mol.